The predicted molar refractivity (Wildman–Crippen MR) is 83.6 cm³/mol. The van der Waals surface area contributed by atoms with Crippen LogP contribution in [-0.2, 0) is 0 Å². The Kier molecular flexibility index (Phi) is 4.15. The number of carbonyl (C=O) groups is 1. The summed E-state index contributed by atoms with van der Waals surface area (Å²) in [6, 6.07) is 12.5. The van der Waals surface area contributed by atoms with Crippen molar-refractivity contribution in [3.8, 4) is 0 Å². The topological polar surface area (TPSA) is 58.4 Å². The number of nitrogens with one attached hydrogen (secondary N) is 1. The quantitative estimate of drug-likeness (QED) is 0.852. The summed E-state index contributed by atoms with van der Waals surface area (Å²) in [4.78, 5) is 13.7. The predicted octanol–water partition coefficient (Wildman–Crippen LogP) is 3.37. The molecule has 0 saturated carbocycles. The van der Waals surface area contributed by atoms with Crippen molar-refractivity contribution in [3.05, 3.63) is 53.1 Å². The van der Waals surface area contributed by atoms with E-state index in [9.17, 15) is 4.79 Å². The van der Waals surface area contributed by atoms with Crippen molar-refractivity contribution in [3.63, 3.8) is 0 Å². The highest BCUT2D eigenvalue weighted by atomic mass is 35.5. The molecule has 2 aromatic rings. The maximum atomic E-state index is 12.2. The molecule has 0 aliphatic rings. The van der Waals surface area contributed by atoms with Crippen molar-refractivity contribution in [2.24, 2.45) is 0 Å². The lowest BCUT2D eigenvalue weighted by molar-refractivity contribution is 0.0828. The first kappa shape index (κ1) is 14.2. The molecule has 104 valence electrons. The van der Waals surface area contributed by atoms with E-state index < -0.39 is 0 Å². The van der Waals surface area contributed by atoms with Gasteiger partial charge in [0.2, 0.25) is 0 Å². The number of nitrogens with two attached hydrogens (primary N) is 1. The van der Waals surface area contributed by atoms with Gasteiger partial charge in [0.15, 0.2) is 0 Å². The highest BCUT2D eigenvalue weighted by Gasteiger charge is 2.14. The van der Waals surface area contributed by atoms with Gasteiger partial charge in [-0.05, 0) is 30.3 Å². The molecule has 0 unspecified atom stereocenters. The highest BCUT2D eigenvalue weighted by Crippen LogP contribution is 2.28. The monoisotopic (exact) mass is 289 g/mol. The summed E-state index contributed by atoms with van der Waals surface area (Å²) in [6.45, 7) is 0. The Hall–Kier alpha value is -2.20. The molecule has 0 atom stereocenters. The van der Waals surface area contributed by atoms with Crippen LogP contribution >= 0.6 is 11.6 Å². The number of hydrogen-bond donors (Lipinski definition) is 2. The minimum atomic E-state index is -0.0976. The lowest BCUT2D eigenvalue weighted by atomic mass is 10.1. The van der Waals surface area contributed by atoms with E-state index in [2.05, 4.69) is 5.32 Å². The number of amides is 1. The first-order valence-corrected chi connectivity index (χ1v) is 6.49. The second-order valence-corrected chi connectivity index (χ2v) is 5.02. The molecule has 2 rings (SSSR count). The van der Waals surface area contributed by atoms with Crippen molar-refractivity contribution in [2.45, 2.75) is 0 Å². The first-order chi connectivity index (χ1) is 9.49. The van der Waals surface area contributed by atoms with Gasteiger partial charge >= 0.3 is 0 Å². The summed E-state index contributed by atoms with van der Waals surface area (Å²) in [7, 11) is 3.41. The van der Waals surface area contributed by atoms with E-state index in [-0.39, 0.29) is 5.91 Å². The minimum absolute atomic E-state index is 0.0976. The number of halogens is 1. The van der Waals surface area contributed by atoms with Gasteiger partial charge in [0, 0.05) is 19.8 Å². The third-order valence-electron chi connectivity index (χ3n) is 2.82. The van der Waals surface area contributed by atoms with Crippen LogP contribution in [0.15, 0.2) is 42.5 Å². The van der Waals surface area contributed by atoms with Gasteiger partial charge in [0.1, 0.15) is 0 Å². The van der Waals surface area contributed by atoms with Crippen LogP contribution in [-0.4, -0.2) is 24.9 Å². The molecule has 0 aliphatic carbocycles. The molecule has 2 aromatic carbocycles. The summed E-state index contributed by atoms with van der Waals surface area (Å²) < 4.78 is 0. The van der Waals surface area contributed by atoms with E-state index in [0.717, 1.165) is 5.69 Å². The summed E-state index contributed by atoms with van der Waals surface area (Å²) in [5, 5.41) is 3.74. The van der Waals surface area contributed by atoms with Gasteiger partial charge in [0.25, 0.3) is 5.91 Å². The summed E-state index contributed by atoms with van der Waals surface area (Å²) in [5.74, 6) is -0.0976. The third-order valence-corrected chi connectivity index (χ3v) is 3.15. The summed E-state index contributed by atoms with van der Waals surface area (Å²) >= 11 is 6.12. The summed E-state index contributed by atoms with van der Waals surface area (Å²) in [6.07, 6.45) is 0. The van der Waals surface area contributed by atoms with Gasteiger partial charge < -0.3 is 16.0 Å². The van der Waals surface area contributed by atoms with Crippen LogP contribution in [0, 0.1) is 0 Å². The second kappa shape index (κ2) is 5.84. The number of nitrogen functional groups attached to an aromatic ring is 1. The fourth-order valence-electron chi connectivity index (χ4n) is 1.80. The van der Waals surface area contributed by atoms with Gasteiger partial charge in [-0.1, -0.05) is 23.7 Å². The van der Waals surface area contributed by atoms with Crippen LogP contribution in [0.3, 0.4) is 0 Å². The number of hydrogen-bond acceptors (Lipinski definition) is 3. The smallest absolute Gasteiger partial charge is 0.255 e. The lowest BCUT2D eigenvalue weighted by Gasteiger charge is -2.16. The van der Waals surface area contributed by atoms with Crippen molar-refractivity contribution in [2.75, 3.05) is 25.1 Å². The van der Waals surface area contributed by atoms with Crippen LogP contribution < -0.4 is 11.1 Å². The van der Waals surface area contributed by atoms with E-state index in [1.54, 1.807) is 38.4 Å². The Bertz CT molecular complexity index is 641. The van der Waals surface area contributed by atoms with Crippen LogP contribution in [0.4, 0.5) is 17.1 Å². The third kappa shape index (κ3) is 3.03. The zero-order valence-corrected chi connectivity index (χ0v) is 12.1. The number of carbonyl (C=O) groups excluding carboxylic acids is 1. The lowest BCUT2D eigenvalue weighted by Crippen LogP contribution is -2.22. The fraction of sp³-hybridized carbons (Fsp3) is 0.133. The maximum Gasteiger partial charge on any atom is 0.255 e. The normalized spacial score (nSPS) is 10.2. The molecule has 0 spiro atoms. The molecule has 0 heterocycles. The van der Waals surface area contributed by atoms with Crippen LogP contribution in [0.25, 0.3) is 0 Å². The first-order valence-electron chi connectivity index (χ1n) is 6.12. The number of rotatable bonds is 3. The minimum Gasteiger partial charge on any atom is -0.399 e. The molecular weight excluding hydrogens is 274 g/mol. The Morgan fingerprint density at radius 2 is 1.85 bits per heavy atom. The molecule has 0 fully saturated rings. The molecule has 20 heavy (non-hydrogen) atoms. The number of para-hydroxylation sites is 1. The van der Waals surface area contributed by atoms with Crippen LogP contribution in [0.2, 0.25) is 5.02 Å². The Morgan fingerprint density at radius 3 is 2.50 bits per heavy atom. The van der Waals surface area contributed by atoms with Gasteiger partial charge in [-0.15, -0.1) is 0 Å². The van der Waals surface area contributed by atoms with Gasteiger partial charge in [-0.25, -0.2) is 0 Å². The van der Waals surface area contributed by atoms with Crippen molar-refractivity contribution in [1.29, 1.82) is 0 Å². The highest BCUT2D eigenvalue weighted by molar-refractivity contribution is 6.33. The summed E-state index contributed by atoms with van der Waals surface area (Å²) in [5.41, 5.74) is 8.29. The molecule has 0 aromatic heterocycles. The van der Waals surface area contributed by atoms with Crippen LogP contribution in [0.5, 0.6) is 0 Å². The van der Waals surface area contributed by atoms with Gasteiger partial charge in [-0.3, -0.25) is 4.79 Å². The zero-order chi connectivity index (χ0) is 14.7. The zero-order valence-electron chi connectivity index (χ0n) is 11.4. The van der Waals surface area contributed by atoms with Gasteiger partial charge in [0.05, 0.1) is 22.0 Å². The second-order valence-electron chi connectivity index (χ2n) is 4.61. The van der Waals surface area contributed by atoms with Crippen molar-refractivity contribution >= 4 is 34.6 Å². The molecule has 0 radical (unpaired) electrons. The molecule has 3 N–H and O–H groups in total. The number of nitrogens with zero attached hydrogens (tertiary/aromatic N) is 1. The van der Waals surface area contributed by atoms with Crippen LogP contribution in [0.1, 0.15) is 10.4 Å². The maximum absolute atomic E-state index is 12.2. The standard InChI is InChI=1S/C15H16ClN3O/c1-19(2)15(20)11-8-7-10(17)9-14(11)18-13-6-4-3-5-12(13)16/h3-9,18H,17H2,1-2H3. The molecule has 4 nitrogen and oxygen atoms in total. The molecular formula is C15H16ClN3O. The number of anilines is 3. The fourth-order valence-corrected chi connectivity index (χ4v) is 1.98. The van der Waals surface area contributed by atoms with E-state index in [0.29, 0.717) is 22.0 Å². The Morgan fingerprint density at radius 1 is 1.15 bits per heavy atom. The molecule has 5 heteroatoms. The van der Waals surface area contributed by atoms with E-state index in [4.69, 9.17) is 17.3 Å². The SMILES string of the molecule is CN(C)C(=O)c1ccc(N)cc1Nc1ccccc1Cl. The largest absolute Gasteiger partial charge is 0.399 e. The number of benzene rings is 2. The average Bonchev–Trinajstić information content (AvgIpc) is 2.41. The Labute approximate surface area is 123 Å². The molecule has 0 aliphatic heterocycles. The van der Waals surface area contributed by atoms with E-state index in [1.807, 2.05) is 18.2 Å². The van der Waals surface area contributed by atoms with Crippen molar-refractivity contribution < 1.29 is 4.79 Å². The van der Waals surface area contributed by atoms with Crippen molar-refractivity contribution in [1.82, 2.24) is 4.90 Å². The molecule has 0 bridgehead atoms. The molecule has 1 amide bonds. The Balaban J connectivity index is 2.43. The average molecular weight is 290 g/mol. The van der Waals surface area contributed by atoms with E-state index >= 15 is 0 Å². The van der Waals surface area contributed by atoms with E-state index in [1.165, 1.54) is 4.90 Å². The van der Waals surface area contributed by atoms with Gasteiger partial charge in [-0.2, -0.15) is 0 Å². The molecule has 0 saturated heterocycles.